The van der Waals surface area contributed by atoms with Gasteiger partial charge in [0.2, 0.25) is 0 Å². The monoisotopic (exact) mass is 457 g/mol. The zero-order chi connectivity index (χ0) is 22.9. The number of benzene rings is 2. The standard InChI is InChI=1S/C25H32ClN3O3/c1-28(16-13-19-6-11-23(30-3)24(18-19)31-4)15-5-17-32-25(22-12-14-27-29(22)2)20-7-9-21(26)10-8-20/h6-12,14,18,25H,5,13,15-17H2,1-4H3. The SMILES string of the molecule is COc1ccc(CCN(C)CCCOC(c2ccc(Cl)cc2)c2ccnn2C)cc1OC. The molecule has 1 unspecified atom stereocenters. The fourth-order valence-corrected chi connectivity index (χ4v) is 3.76. The maximum Gasteiger partial charge on any atom is 0.160 e. The van der Waals surface area contributed by atoms with Crippen LogP contribution in [0.25, 0.3) is 0 Å². The molecule has 0 radical (unpaired) electrons. The third-order valence-electron chi connectivity index (χ3n) is 5.50. The Morgan fingerprint density at radius 3 is 2.41 bits per heavy atom. The molecule has 3 rings (SSSR count). The van der Waals surface area contributed by atoms with Crippen molar-refractivity contribution in [3.05, 3.63) is 76.6 Å². The fraction of sp³-hybridized carbons (Fsp3) is 0.400. The molecule has 0 spiro atoms. The van der Waals surface area contributed by atoms with Crippen molar-refractivity contribution >= 4 is 11.6 Å². The molecule has 0 fully saturated rings. The molecule has 1 aromatic heterocycles. The van der Waals surface area contributed by atoms with E-state index < -0.39 is 0 Å². The fourth-order valence-electron chi connectivity index (χ4n) is 3.63. The van der Waals surface area contributed by atoms with Crippen LogP contribution in [0.4, 0.5) is 0 Å². The first-order chi connectivity index (χ1) is 15.5. The highest BCUT2D eigenvalue weighted by atomic mass is 35.5. The van der Waals surface area contributed by atoms with Gasteiger partial charge in [0.25, 0.3) is 0 Å². The first-order valence-electron chi connectivity index (χ1n) is 10.8. The molecule has 172 valence electrons. The Balaban J connectivity index is 1.49. The summed E-state index contributed by atoms with van der Waals surface area (Å²) >= 11 is 6.06. The van der Waals surface area contributed by atoms with Crippen molar-refractivity contribution in [2.24, 2.45) is 7.05 Å². The second-order valence-corrected chi connectivity index (χ2v) is 8.21. The Kier molecular flexibility index (Phi) is 8.97. The van der Waals surface area contributed by atoms with E-state index in [1.807, 2.05) is 54.2 Å². The molecule has 6 nitrogen and oxygen atoms in total. The van der Waals surface area contributed by atoms with Gasteiger partial charge in [-0.25, -0.2) is 0 Å². The largest absolute Gasteiger partial charge is 0.493 e. The number of likely N-dealkylation sites (N-methyl/N-ethyl adjacent to an activating group) is 1. The minimum absolute atomic E-state index is 0.170. The van der Waals surface area contributed by atoms with E-state index in [1.165, 1.54) is 5.56 Å². The molecule has 1 atom stereocenters. The summed E-state index contributed by atoms with van der Waals surface area (Å²) in [6.07, 6.45) is 3.51. The Bertz CT molecular complexity index is 975. The van der Waals surface area contributed by atoms with Crippen molar-refractivity contribution in [1.29, 1.82) is 0 Å². The van der Waals surface area contributed by atoms with E-state index in [-0.39, 0.29) is 6.10 Å². The number of aryl methyl sites for hydroxylation is 1. The number of ether oxygens (including phenoxy) is 3. The average Bonchev–Trinajstić information content (AvgIpc) is 3.23. The van der Waals surface area contributed by atoms with Crippen LogP contribution in [0.1, 0.15) is 29.3 Å². The number of nitrogens with zero attached hydrogens (tertiary/aromatic N) is 3. The van der Waals surface area contributed by atoms with E-state index in [0.717, 1.165) is 48.7 Å². The summed E-state index contributed by atoms with van der Waals surface area (Å²) in [5.74, 6) is 1.52. The van der Waals surface area contributed by atoms with Crippen LogP contribution >= 0.6 is 11.6 Å². The Morgan fingerprint density at radius 2 is 1.75 bits per heavy atom. The van der Waals surface area contributed by atoms with Crippen molar-refractivity contribution in [3.63, 3.8) is 0 Å². The smallest absolute Gasteiger partial charge is 0.160 e. The van der Waals surface area contributed by atoms with Gasteiger partial charge in [-0.05, 0) is 61.3 Å². The van der Waals surface area contributed by atoms with E-state index in [9.17, 15) is 0 Å². The minimum atomic E-state index is -0.170. The van der Waals surface area contributed by atoms with Crippen LogP contribution in [0.2, 0.25) is 5.02 Å². The van der Waals surface area contributed by atoms with Gasteiger partial charge in [-0.2, -0.15) is 5.10 Å². The zero-order valence-corrected chi connectivity index (χ0v) is 20.0. The lowest BCUT2D eigenvalue weighted by molar-refractivity contribution is 0.0682. The molecule has 1 heterocycles. The summed E-state index contributed by atoms with van der Waals surface area (Å²) in [4.78, 5) is 2.32. The molecule has 2 aromatic carbocycles. The summed E-state index contributed by atoms with van der Waals surface area (Å²) in [5.41, 5.74) is 3.32. The molecule has 0 aliphatic rings. The second kappa shape index (κ2) is 11.9. The topological polar surface area (TPSA) is 48.8 Å². The Labute approximate surface area is 195 Å². The highest BCUT2D eigenvalue weighted by Gasteiger charge is 2.18. The lowest BCUT2D eigenvalue weighted by atomic mass is 10.1. The lowest BCUT2D eigenvalue weighted by Gasteiger charge is -2.21. The van der Waals surface area contributed by atoms with Crippen LogP contribution < -0.4 is 9.47 Å². The Morgan fingerprint density at radius 1 is 1.00 bits per heavy atom. The summed E-state index contributed by atoms with van der Waals surface area (Å²) in [7, 11) is 7.39. The minimum Gasteiger partial charge on any atom is -0.493 e. The van der Waals surface area contributed by atoms with Gasteiger partial charge in [0.1, 0.15) is 6.10 Å². The molecule has 0 bridgehead atoms. The van der Waals surface area contributed by atoms with E-state index in [4.69, 9.17) is 25.8 Å². The van der Waals surface area contributed by atoms with Gasteiger partial charge < -0.3 is 19.1 Å². The van der Waals surface area contributed by atoms with Crippen LogP contribution in [-0.4, -0.2) is 55.6 Å². The molecule has 32 heavy (non-hydrogen) atoms. The van der Waals surface area contributed by atoms with Crippen LogP contribution in [0.5, 0.6) is 11.5 Å². The Hall–Kier alpha value is -2.54. The molecule has 0 saturated heterocycles. The van der Waals surface area contributed by atoms with Gasteiger partial charge in [0.15, 0.2) is 11.5 Å². The molecular weight excluding hydrogens is 426 g/mol. The summed E-state index contributed by atoms with van der Waals surface area (Å²) in [6, 6.07) is 15.9. The van der Waals surface area contributed by atoms with Gasteiger partial charge in [-0.3, -0.25) is 4.68 Å². The molecule has 0 aliphatic carbocycles. The van der Waals surface area contributed by atoms with Crippen LogP contribution in [0.15, 0.2) is 54.7 Å². The summed E-state index contributed by atoms with van der Waals surface area (Å²) in [5, 5.41) is 5.02. The molecule has 3 aromatic rings. The summed E-state index contributed by atoms with van der Waals surface area (Å²) in [6.45, 7) is 2.56. The predicted molar refractivity (Wildman–Crippen MR) is 128 cm³/mol. The maximum atomic E-state index is 6.30. The number of methoxy groups -OCH3 is 2. The quantitative estimate of drug-likeness (QED) is 0.367. The first kappa shape index (κ1) is 24.1. The molecule has 0 amide bonds. The average molecular weight is 458 g/mol. The number of hydrogen-bond acceptors (Lipinski definition) is 5. The van der Waals surface area contributed by atoms with Crippen LogP contribution in [0.3, 0.4) is 0 Å². The number of aromatic nitrogens is 2. The van der Waals surface area contributed by atoms with Gasteiger partial charge >= 0.3 is 0 Å². The van der Waals surface area contributed by atoms with Crippen molar-refractivity contribution in [1.82, 2.24) is 14.7 Å². The second-order valence-electron chi connectivity index (χ2n) is 7.78. The third-order valence-corrected chi connectivity index (χ3v) is 5.75. The van der Waals surface area contributed by atoms with Gasteiger partial charge in [0.05, 0.1) is 19.9 Å². The summed E-state index contributed by atoms with van der Waals surface area (Å²) < 4.78 is 18.9. The molecule has 0 N–H and O–H groups in total. The lowest BCUT2D eigenvalue weighted by Crippen LogP contribution is -2.24. The van der Waals surface area contributed by atoms with Gasteiger partial charge in [-0.15, -0.1) is 0 Å². The van der Waals surface area contributed by atoms with Crippen LogP contribution in [0, 0.1) is 0 Å². The first-order valence-corrected chi connectivity index (χ1v) is 11.1. The van der Waals surface area contributed by atoms with E-state index in [0.29, 0.717) is 11.6 Å². The van der Waals surface area contributed by atoms with Crippen molar-refractivity contribution < 1.29 is 14.2 Å². The van der Waals surface area contributed by atoms with Crippen molar-refractivity contribution in [2.45, 2.75) is 18.9 Å². The van der Waals surface area contributed by atoms with Gasteiger partial charge in [-0.1, -0.05) is 29.8 Å². The highest BCUT2D eigenvalue weighted by Crippen LogP contribution is 2.28. The van der Waals surface area contributed by atoms with Gasteiger partial charge in [0, 0.05) is 38.0 Å². The molecule has 7 heteroatoms. The number of halogens is 1. The normalized spacial score (nSPS) is 12.2. The molecular formula is C25H32ClN3O3. The van der Waals surface area contributed by atoms with Crippen molar-refractivity contribution in [2.75, 3.05) is 41.0 Å². The highest BCUT2D eigenvalue weighted by molar-refractivity contribution is 6.30. The zero-order valence-electron chi connectivity index (χ0n) is 19.3. The van der Waals surface area contributed by atoms with E-state index >= 15 is 0 Å². The number of hydrogen-bond donors (Lipinski definition) is 0. The van der Waals surface area contributed by atoms with Crippen LogP contribution in [-0.2, 0) is 18.2 Å². The third kappa shape index (κ3) is 6.48. The van der Waals surface area contributed by atoms with E-state index in [2.05, 4.69) is 23.1 Å². The van der Waals surface area contributed by atoms with Crippen molar-refractivity contribution in [3.8, 4) is 11.5 Å². The molecule has 0 aliphatic heterocycles. The predicted octanol–water partition coefficient (Wildman–Crippen LogP) is 4.76. The molecule has 0 saturated carbocycles. The maximum absolute atomic E-state index is 6.30. The van der Waals surface area contributed by atoms with E-state index in [1.54, 1.807) is 20.4 Å². The number of rotatable bonds is 12.